The molecule has 0 radical (unpaired) electrons. The first kappa shape index (κ1) is 36.8. The number of hydrogen-bond donors (Lipinski definition) is 6. The zero-order chi connectivity index (χ0) is 35.8. The number of carbonyl (C=O) groups is 2. The minimum absolute atomic E-state index is 0.0352. The van der Waals surface area contributed by atoms with E-state index in [2.05, 4.69) is 6.92 Å². The number of methoxy groups -OCH3 is 1. The van der Waals surface area contributed by atoms with Crippen LogP contribution in [-0.4, -0.2) is 136 Å². The van der Waals surface area contributed by atoms with Gasteiger partial charge in [0, 0.05) is 31.4 Å². The number of fused-ring (bicyclic) bond motifs is 5. The molecule has 17 atom stereocenters. The summed E-state index contributed by atoms with van der Waals surface area (Å²) in [5, 5.41) is 65.3. The molecule has 6 fully saturated rings. The monoisotopic (exact) mass is 710 g/mol. The Morgan fingerprint density at radius 2 is 1.72 bits per heavy atom. The van der Waals surface area contributed by atoms with E-state index in [0.29, 0.717) is 44.9 Å². The van der Waals surface area contributed by atoms with E-state index in [9.17, 15) is 40.2 Å². The number of carbonyl (C=O) groups excluding carboxylic acids is 2. The summed E-state index contributed by atoms with van der Waals surface area (Å²) >= 11 is 0. The van der Waals surface area contributed by atoms with Crippen LogP contribution in [0.15, 0.2) is 11.6 Å². The van der Waals surface area contributed by atoms with Gasteiger partial charge in [0.1, 0.15) is 43.4 Å². The standard InChI is InChI=1S/C36H54O14/c1-18-31(50-32-30(42)29(41)28(40)25(15-37)49-32)24(45-3)13-27(47-18)48-20-4-9-34(17-38)22-5-8-33(2)21(19-12-26(39)46-16-19)7-11-36(33,44)23(22)6-10-35(34,43)14-20/h12,17-18,20-25,27-32,37,40-44H,4-11,13-16H2,1-3H3. The van der Waals surface area contributed by atoms with Crippen molar-refractivity contribution in [3.8, 4) is 0 Å². The SMILES string of the molecule is COC1CC(OC2CCC3(C=O)C4CCC5(C)C(C6=CC(=O)OC6)CCC5(O)C4CCC3(O)C2)OC(C)C1OC1OC(CO)C(O)C(O)C1O. The number of aliphatic hydroxyl groups excluding tert-OH is 4. The summed E-state index contributed by atoms with van der Waals surface area (Å²) in [5.41, 5.74) is -2.86. The predicted molar refractivity (Wildman–Crippen MR) is 171 cm³/mol. The number of aldehydes is 1. The van der Waals surface area contributed by atoms with E-state index >= 15 is 0 Å². The number of aliphatic hydroxyl groups is 6. The van der Waals surface area contributed by atoms with Gasteiger partial charge in [-0.15, -0.1) is 0 Å². The lowest BCUT2D eigenvalue weighted by Gasteiger charge is -2.65. The molecule has 0 spiro atoms. The van der Waals surface area contributed by atoms with Crippen LogP contribution in [0.3, 0.4) is 0 Å². The fourth-order valence-corrected chi connectivity index (χ4v) is 11.5. The summed E-state index contributed by atoms with van der Waals surface area (Å²) < 4.78 is 35.2. The van der Waals surface area contributed by atoms with Crippen LogP contribution in [0, 0.1) is 28.6 Å². The second kappa shape index (κ2) is 13.4. The molecule has 0 amide bonds. The molecule has 50 heavy (non-hydrogen) atoms. The van der Waals surface area contributed by atoms with E-state index in [4.69, 9.17) is 28.4 Å². The van der Waals surface area contributed by atoms with Crippen molar-refractivity contribution in [2.24, 2.45) is 28.6 Å². The fraction of sp³-hybridized carbons (Fsp3) is 0.889. The van der Waals surface area contributed by atoms with E-state index < -0.39 is 90.1 Å². The lowest BCUT2D eigenvalue weighted by molar-refractivity contribution is -0.346. The summed E-state index contributed by atoms with van der Waals surface area (Å²) in [6, 6.07) is 0. The summed E-state index contributed by atoms with van der Waals surface area (Å²) in [5.74, 6) is -0.635. The molecular formula is C36H54O14. The molecule has 14 nitrogen and oxygen atoms in total. The summed E-state index contributed by atoms with van der Waals surface area (Å²) in [7, 11) is 1.51. The van der Waals surface area contributed by atoms with E-state index in [-0.39, 0.29) is 43.2 Å². The highest BCUT2D eigenvalue weighted by molar-refractivity contribution is 5.85. The first-order chi connectivity index (χ1) is 23.7. The third-order valence-electron chi connectivity index (χ3n) is 14.2. The Hall–Kier alpha value is -1.56. The molecule has 0 bridgehead atoms. The Kier molecular flexibility index (Phi) is 9.84. The van der Waals surface area contributed by atoms with Crippen molar-refractivity contribution in [1.29, 1.82) is 0 Å². The highest BCUT2D eigenvalue weighted by Gasteiger charge is 2.71. The second-order valence-corrected chi connectivity index (χ2v) is 16.3. The average molecular weight is 711 g/mol. The van der Waals surface area contributed by atoms with Crippen molar-refractivity contribution in [3.05, 3.63) is 11.6 Å². The summed E-state index contributed by atoms with van der Waals surface area (Å²) in [6.45, 7) is 3.57. The van der Waals surface area contributed by atoms with Crippen LogP contribution in [0.5, 0.6) is 0 Å². The predicted octanol–water partition coefficient (Wildman–Crippen LogP) is 0.258. The van der Waals surface area contributed by atoms with Crippen LogP contribution >= 0.6 is 0 Å². The van der Waals surface area contributed by atoms with Crippen molar-refractivity contribution in [3.63, 3.8) is 0 Å². The molecule has 3 heterocycles. The van der Waals surface area contributed by atoms with Crippen LogP contribution in [0.2, 0.25) is 0 Å². The number of esters is 1. The van der Waals surface area contributed by atoms with Gasteiger partial charge in [-0.2, -0.15) is 0 Å². The van der Waals surface area contributed by atoms with Gasteiger partial charge in [-0.05, 0) is 81.6 Å². The lowest BCUT2D eigenvalue weighted by Crippen LogP contribution is -2.69. The van der Waals surface area contributed by atoms with Gasteiger partial charge in [-0.1, -0.05) is 6.92 Å². The average Bonchev–Trinajstić information content (AvgIpc) is 3.64. The van der Waals surface area contributed by atoms with Crippen molar-refractivity contribution in [2.75, 3.05) is 20.3 Å². The van der Waals surface area contributed by atoms with E-state index in [0.717, 1.165) is 18.3 Å². The van der Waals surface area contributed by atoms with Gasteiger partial charge in [0.25, 0.3) is 0 Å². The maximum atomic E-state index is 13.2. The van der Waals surface area contributed by atoms with E-state index in [1.54, 1.807) is 13.0 Å². The molecule has 6 N–H and O–H groups in total. The van der Waals surface area contributed by atoms with Crippen molar-refractivity contribution < 1.29 is 68.6 Å². The maximum absolute atomic E-state index is 13.2. The molecule has 14 heteroatoms. The Morgan fingerprint density at radius 3 is 2.40 bits per heavy atom. The Bertz CT molecular complexity index is 1330. The Morgan fingerprint density at radius 1 is 0.960 bits per heavy atom. The summed E-state index contributed by atoms with van der Waals surface area (Å²) in [6.07, 6.45) is -2.52. The molecule has 7 aliphatic rings. The molecule has 7 rings (SSSR count). The molecule has 0 aromatic rings. The van der Waals surface area contributed by atoms with Gasteiger partial charge in [0.15, 0.2) is 12.6 Å². The third-order valence-corrected chi connectivity index (χ3v) is 14.2. The minimum atomic E-state index is -1.58. The van der Waals surface area contributed by atoms with E-state index in [1.807, 2.05) is 0 Å². The molecule has 282 valence electrons. The molecular weight excluding hydrogens is 656 g/mol. The molecule has 4 aliphatic carbocycles. The number of hydrogen-bond acceptors (Lipinski definition) is 14. The topological polar surface area (TPSA) is 211 Å². The van der Waals surface area contributed by atoms with Gasteiger partial charge in [-0.25, -0.2) is 4.79 Å². The van der Waals surface area contributed by atoms with Crippen molar-refractivity contribution in [1.82, 2.24) is 0 Å². The highest BCUT2D eigenvalue weighted by atomic mass is 16.7. The van der Waals surface area contributed by atoms with Crippen molar-refractivity contribution >= 4 is 12.3 Å². The first-order valence-corrected chi connectivity index (χ1v) is 18.3. The van der Waals surface area contributed by atoms with Crippen molar-refractivity contribution in [2.45, 2.75) is 151 Å². The Labute approximate surface area is 292 Å². The molecule has 3 aliphatic heterocycles. The van der Waals surface area contributed by atoms with Gasteiger partial charge >= 0.3 is 5.97 Å². The molecule has 0 aromatic heterocycles. The van der Waals surface area contributed by atoms with Gasteiger partial charge < -0.3 is 63.9 Å². The number of cyclic esters (lactones) is 1. The highest BCUT2D eigenvalue weighted by Crippen LogP contribution is 2.70. The van der Waals surface area contributed by atoms with Crippen LogP contribution in [0.25, 0.3) is 0 Å². The second-order valence-electron chi connectivity index (χ2n) is 16.3. The number of ether oxygens (including phenoxy) is 6. The molecule has 0 aromatic carbocycles. The molecule has 2 saturated heterocycles. The molecule has 4 saturated carbocycles. The largest absolute Gasteiger partial charge is 0.458 e. The van der Waals surface area contributed by atoms with Crippen LogP contribution in [0.4, 0.5) is 0 Å². The first-order valence-electron chi connectivity index (χ1n) is 18.3. The fourth-order valence-electron chi connectivity index (χ4n) is 11.5. The zero-order valence-electron chi connectivity index (χ0n) is 29.1. The van der Waals surface area contributed by atoms with Gasteiger partial charge in [0.2, 0.25) is 0 Å². The van der Waals surface area contributed by atoms with E-state index in [1.165, 1.54) is 7.11 Å². The third kappa shape index (κ3) is 5.55. The van der Waals surface area contributed by atoms with Gasteiger partial charge in [0.05, 0.1) is 41.5 Å². The lowest BCUT2D eigenvalue weighted by atomic mass is 9.41. The Balaban J connectivity index is 1.01. The zero-order valence-corrected chi connectivity index (χ0v) is 29.1. The quantitative estimate of drug-likeness (QED) is 0.113. The van der Waals surface area contributed by atoms with Crippen LogP contribution in [-0.2, 0) is 38.0 Å². The summed E-state index contributed by atoms with van der Waals surface area (Å²) in [4.78, 5) is 25.1. The normalized spacial score (nSPS) is 53.5. The number of rotatable bonds is 8. The minimum Gasteiger partial charge on any atom is -0.458 e. The smallest absolute Gasteiger partial charge is 0.331 e. The maximum Gasteiger partial charge on any atom is 0.331 e. The molecule has 17 unspecified atom stereocenters. The van der Waals surface area contributed by atoms with Gasteiger partial charge in [-0.3, -0.25) is 0 Å². The van der Waals surface area contributed by atoms with Crippen LogP contribution in [0.1, 0.15) is 78.1 Å². The van der Waals surface area contributed by atoms with Crippen LogP contribution < -0.4 is 0 Å².